The first-order valence-electron chi connectivity index (χ1n) is 9.75. The van der Waals surface area contributed by atoms with Gasteiger partial charge >= 0.3 is 0 Å². The first-order chi connectivity index (χ1) is 13.6. The maximum Gasteiger partial charge on any atom is 0.225 e. The molecule has 0 radical (unpaired) electrons. The molecule has 3 rings (SSSR count). The zero-order valence-electron chi connectivity index (χ0n) is 16.9. The fourth-order valence-electron chi connectivity index (χ4n) is 3.12. The average molecular weight is 385 g/mol. The van der Waals surface area contributed by atoms with Crippen molar-refractivity contribution in [1.29, 1.82) is 0 Å². The monoisotopic (exact) mass is 385 g/mol. The largest absolute Gasteiger partial charge is 0.394 e. The number of aromatic nitrogens is 2. The molecule has 0 unspecified atom stereocenters. The highest BCUT2D eigenvalue weighted by atomic mass is 19.1. The summed E-state index contributed by atoms with van der Waals surface area (Å²) in [5.74, 6) is 0.484. The van der Waals surface area contributed by atoms with Crippen LogP contribution in [0, 0.1) is 5.82 Å². The predicted octanol–water partition coefficient (Wildman–Crippen LogP) is 3.38. The van der Waals surface area contributed by atoms with Crippen LogP contribution in [-0.2, 0) is 11.3 Å². The average Bonchev–Trinajstić information content (AvgIpc) is 2.72. The van der Waals surface area contributed by atoms with Gasteiger partial charge in [-0.25, -0.2) is 14.4 Å². The van der Waals surface area contributed by atoms with Crippen molar-refractivity contribution in [2.45, 2.75) is 26.2 Å². The molecular formula is C21H28FN5O. The van der Waals surface area contributed by atoms with Crippen LogP contribution in [0.5, 0.6) is 0 Å². The smallest absolute Gasteiger partial charge is 0.225 e. The van der Waals surface area contributed by atoms with Crippen molar-refractivity contribution in [3.05, 3.63) is 42.0 Å². The molecule has 0 bridgehead atoms. The zero-order chi connectivity index (χ0) is 19.9. The topological polar surface area (TPSA) is 53.9 Å². The van der Waals surface area contributed by atoms with Gasteiger partial charge in [0.05, 0.1) is 5.71 Å². The van der Waals surface area contributed by atoms with Crippen LogP contribution in [0.3, 0.4) is 0 Å². The van der Waals surface area contributed by atoms with E-state index in [1.54, 1.807) is 18.5 Å². The highest BCUT2D eigenvalue weighted by molar-refractivity contribution is 5.86. The van der Waals surface area contributed by atoms with E-state index >= 15 is 0 Å². The molecule has 1 aliphatic heterocycles. The van der Waals surface area contributed by atoms with Crippen LogP contribution in [0.1, 0.15) is 25.3 Å². The summed E-state index contributed by atoms with van der Waals surface area (Å²) in [6.07, 6.45) is 5.73. The molecule has 0 N–H and O–H groups in total. The van der Waals surface area contributed by atoms with Crippen molar-refractivity contribution in [2.75, 3.05) is 45.2 Å². The molecule has 0 aliphatic carbocycles. The van der Waals surface area contributed by atoms with Crippen LogP contribution >= 0.6 is 0 Å². The minimum absolute atomic E-state index is 0.186. The summed E-state index contributed by atoms with van der Waals surface area (Å²) in [6, 6.07) is 5.45. The fraction of sp³-hybridized carbons (Fsp3) is 0.476. The summed E-state index contributed by atoms with van der Waals surface area (Å²) in [5.41, 5.74) is 3.03. The fourth-order valence-corrected chi connectivity index (χ4v) is 3.12. The van der Waals surface area contributed by atoms with E-state index in [-0.39, 0.29) is 5.82 Å². The summed E-state index contributed by atoms with van der Waals surface area (Å²) >= 11 is 0. The molecule has 0 atom stereocenters. The van der Waals surface area contributed by atoms with Crippen LogP contribution in [-0.4, -0.2) is 60.9 Å². The third kappa shape index (κ3) is 5.04. The SMILES string of the molecule is CCc1cccc(-c2cnc(N3CCC(=NOCCN(C)C)CC3)nc2)c1F. The number of nitrogens with zero attached hydrogens (tertiary/aromatic N) is 5. The Labute approximate surface area is 166 Å². The molecule has 1 fully saturated rings. The third-order valence-corrected chi connectivity index (χ3v) is 4.86. The van der Waals surface area contributed by atoms with E-state index in [1.807, 2.05) is 33.2 Å². The van der Waals surface area contributed by atoms with E-state index in [2.05, 4.69) is 24.9 Å². The lowest BCUT2D eigenvalue weighted by atomic mass is 10.0. The minimum atomic E-state index is -0.186. The third-order valence-electron chi connectivity index (χ3n) is 4.86. The Morgan fingerprint density at radius 2 is 1.89 bits per heavy atom. The molecule has 2 heterocycles. The molecule has 1 aromatic heterocycles. The van der Waals surface area contributed by atoms with Gasteiger partial charge in [-0.05, 0) is 26.1 Å². The number of halogens is 1. The number of rotatable bonds is 7. The first kappa shape index (κ1) is 20.2. The number of aryl methyl sites for hydroxylation is 1. The second kappa shape index (κ2) is 9.59. The van der Waals surface area contributed by atoms with E-state index in [4.69, 9.17) is 4.84 Å². The molecular weight excluding hydrogens is 357 g/mol. The molecule has 0 saturated carbocycles. The number of anilines is 1. The summed E-state index contributed by atoms with van der Waals surface area (Å²) < 4.78 is 14.5. The Morgan fingerprint density at radius 3 is 2.54 bits per heavy atom. The highest BCUT2D eigenvalue weighted by Crippen LogP contribution is 2.25. The molecule has 1 aromatic carbocycles. The van der Waals surface area contributed by atoms with Gasteiger partial charge < -0.3 is 14.6 Å². The van der Waals surface area contributed by atoms with Gasteiger partial charge in [-0.1, -0.05) is 30.3 Å². The van der Waals surface area contributed by atoms with Crippen LogP contribution in [0.15, 0.2) is 35.7 Å². The standard InChI is InChI=1S/C21H28FN5O/c1-4-16-6-5-7-19(20(16)22)17-14-23-21(24-15-17)27-10-8-18(9-11-27)25-28-13-12-26(2)3/h5-7,14-15H,4,8-13H2,1-3H3. The number of oxime groups is 1. The molecule has 28 heavy (non-hydrogen) atoms. The number of piperidine rings is 1. The van der Waals surface area contributed by atoms with Crippen LogP contribution in [0.2, 0.25) is 0 Å². The molecule has 2 aromatic rings. The Bertz CT molecular complexity index is 797. The van der Waals surface area contributed by atoms with E-state index in [0.717, 1.165) is 38.2 Å². The Kier molecular flexibility index (Phi) is 6.92. The van der Waals surface area contributed by atoms with Gasteiger partial charge in [0.25, 0.3) is 0 Å². The Morgan fingerprint density at radius 1 is 1.18 bits per heavy atom. The molecule has 7 heteroatoms. The van der Waals surface area contributed by atoms with Crippen molar-refractivity contribution >= 4 is 11.7 Å². The molecule has 1 aliphatic rings. The molecule has 1 saturated heterocycles. The Balaban J connectivity index is 1.59. The Hall–Kier alpha value is -2.54. The quantitative estimate of drug-likeness (QED) is 0.540. The number of likely N-dealkylation sites (N-methyl/N-ethyl adjacent to an activating group) is 1. The van der Waals surface area contributed by atoms with Crippen molar-refractivity contribution in [1.82, 2.24) is 14.9 Å². The van der Waals surface area contributed by atoms with Crippen molar-refractivity contribution in [3.8, 4) is 11.1 Å². The summed E-state index contributed by atoms with van der Waals surface area (Å²) in [4.78, 5) is 18.5. The van der Waals surface area contributed by atoms with Gasteiger partial charge in [0, 0.05) is 56.0 Å². The van der Waals surface area contributed by atoms with Crippen LogP contribution < -0.4 is 4.90 Å². The number of benzene rings is 1. The van der Waals surface area contributed by atoms with Crippen molar-refractivity contribution in [3.63, 3.8) is 0 Å². The molecule has 0 spiro atoms. The lowest BCUT2D eigenvalue weighted by molar-refractivity contribution is 0.124. The van der Waals surface area contributed by atoms with Crippen molar-refractivity contribution in [2.24, 2.45) is 5.16 Å². The second-order valence-corrected chi connectivity index (χ2v) is 7.19. The lowest BCUT2D eigenvalue weighted by Gasteiger charge is -2.27. The summed E-state index contributed by atoms with van der Waals surface area (Å²) in [5, 5.41) is 4.24. The maximum atomic E-state index is 14.5. The van der Waals surface area contributed by atoms with Crippen molar-refractivity contribution < 1.29 is 9.23 Å². The molecule has 6 nitrogen and oxygen atoms in total. The molecule has 150 valence electrons. The zero-order valence-corrected chi connectivity index (χ0v) is 16.9. The summed E-state index contributed by atoms with van der Waals surface area (Å²) in [7, 11) is 4.02. The molecule has 0 amide bonds. The van der Waals surface area contributed by atoms with Gasteiger partial charge in [-0.15, -0.1) is 0 Å². The van der Waals surface area contributed by atoms with E-state index in [1.165, 1.54) is 0 Å². The first-order valence-corrected chi connectivity index (χ1v) is 9.75. The van der Waals surface area contributed by atoms with Gasteiger partial charge in [0.2, 0.25) is 5.95 Å². The number of hydrogen-bond acceptors (Lipinski definition) is 6. The van der Waals surface area contributed by atoms with Gasteiger partial charge in [-0.2, -0.15) is 0 Å². The maximum absolute atomic E-state index is 14.5. The lowest BCUT2D eigenvalue weighted by Crippen LogP contribution is -2.35. The van der Waals surface area contributed by atoms with Gasteiger partial charge in [0.15, 0.2) is 0 Å². The minimum Gasteiger partial charge on any atom is -0.394 e. The van der Waals surface area contributed by atoms with Crippen LogP contribution in [0.25, 0.3) is 11.1 Å². The number of hydrogen-bond donors (Lipinski definition) is 0. The van der Waals surface area contributed by atoms with E-state index in [0.29, 0.717) is 35.7 Å². The summed E-state index contributed by atoms with van der Waals surface area (Å²) in [6.45, 7) is 5.00. The normalized spacial score (nSPS) is 14.5. The van der Waals surface area contributed by atoms with Gasteiger partial charge in [0.1, 0.15) is 12.4 Å². The second-order valence-electron chi connectivity index (χ2n) is 7.19. The highest BCUT2D eigenvalue weighted by Gasteiger charge is 2.18. The van der Waals surface area contributed by atoms with Crippen LogP contribution in [0.4, 0.5) is 10.3 Å². The van der Waals surface area contributed by atoms with E-state index in [9.17, 15) is 4.39 Å². The predicted molar refractivity (Wildman–Crippen MR) is 110 cm³/mol. The van der Waals surface area contributed by atoms with E-state index < -0.39 is 0 Å². The van der Waals surface area contributed by atoms with Gasteiger partial charge in [-0.3, -0.25) is 0 Å².